The Kier molecular flexibility index (Phi) is 9.00. The first-order valence-electron chi connectivity index (χ1n) is 8.26. The van der Waals surface area contributed by atoms with Crippen LogP contribution < -0.4 is 0 Å². The van der Waals surface area contributed by atoms with Gasteiger partial charge in [-0.3, -0.25) is 0 Å². The predicted octanol–water partition coefficient (Wildman–Crippen LogP) is 6.74. The van der Waals surface area contributed by atoms with E-state index in [-0.39, 0.29) is 0 Å². The van der Waals surface area contributed by atoms with E-state index >= 15 is 0 Å². The molecule has 1 aromatic carbocycles. The normalized spacial score (nSPS) is 12.1. The molecule has 0 aliphatic heterocycles. The van der Waals surface area contributed by atoms with E-state index in [1.165, 1.54) is 52.2 Å². The van der Waals surface area contributed by atoms with Gasteiger partial charge in [-0.05, 0) is 73.8 Å². The topological polar surface area (TPSA) is 0 Å². The van der Waals surface area contributed by atoms with Crippen LogP contribution in [0.2, 0.25) is 0 Å². The van der Waals surface area contributed by atoms with Gasteiger partial charge >= 0.3 is 0 Å². The molecule has 0 aliphatic carbocycles. The molecule has 22 heavy (non-hydrogen) atoms. The van der Waals surface area contributed by atoms with Crippen LogP contribution in [0, 0.1) is 13.8 Å². The van der Waals surface area contributed by atoms with Gasteiger partial charge in [0.2, 0.25) is 0 Å². The molecule has 1 aromatic rings. The van der Waals surface area contributed by atoms with Crippen LogP contribution in [-0.2, 0) is 0 Å². The number of allylic oxidation sites excluding steroid dienone is 5. The second-order valence-electron chi connectivity index (χ2n) is 5.75. The van der Waals surface area contributed by atoms with Gasteiger partial charge in [-0.15, -0.1) is 0 Å². The largest absolute Gasteiger partial charge is 0.162 e. The van der Waals surface area contributed by atoms with Crippen LogP contribution in [-0.4, -0.2) is 11.5 Å². The summed E-state index contributed by atoms with van der Waals surface area (Å²) in [5, 5.41) is 0. The summed E-state index contributed by atoms with van der Waals surface area (Å²) in [6.45, 7) is 12.8. The summed E-state index contributed by atoms with van der Waals surface area (Å²) in [7, 11) is 0. The number of benzene rings is 1. The molecule has 1 heteroatoms. The summed E-state index contributed by atoms with van der Waals surface area (Å²) < 4.78 is 0. The highest BCUT2D eigenvalue weighted by molar-refractivity contribution is 7.99. The van der Waals surface area contributed by atoms with Gasteiger partial charge in [-0.2, -0.15) is 11.8 Å². The highest BCUT2D eigenvalue weighted by Gasteiger charge is 2.00. The van der Waals surface area contributed by atoms with Gasteiger partial charge in [-0.1, -0.05) is 55.5 Å². The molecule has 0 bridgehead atoms. The Morgan fingerprint density at radius 2 is 1.91 bits per heavy atom. The maximum atomic E-state index is 4.18. The van der Waals surface area contributed by atoms with Crippen LogP contribution >= 0.6 is 11.8 Å². The Morgan fingerprint density at radius 3 is 2.55 bits per heavy atom. The van der Waals surface area contributed by atoms with Crippen molar-refractivity contribution in [3.05, 3.63) is 65.3 Å². The summed E-state index contributed by atoms with van der Waals surface area (Å²) in [6, 6.07) is 6.66. The molecule has 0 N–H and O–H groups in total. The first kappa shape index (κ1) is 18.8. The van der Waals surface area contributed by atoms with Gasteiger partial charge in [0.1, 0.15) is 0 Å². The lowest BCUT2D eigenvalue weighted by Gasteiger charge is -2.07. The standard InChI is InChI=1S/C21H30S/c1-6-14-22-15-8-9-17(3)10-12-20(7-2)21-13-11-18(4)19(5)16-21/h7,10-13,16H,3,6,8-9,14-15H2,1-2,4-5H3/b12-10-,20-7+. The SMILES string of the molecule is C=C(/C=C\C(=C/C)c1ccc(C)c(C)c1)CCCSCCC. The van der Waals surface area contributed by atoms with Crippen LogP contribution in [0.15, 0.2) is 48.6 Å². The Hall–Kier alpha value is -1.21. The minimum absolute atomic E-state index is 1.09. The van der Waals surface area contributed by atoms with Crippen molar-refractivity contribution in [1.29, 1.82) is 0 Å². The summed E-state index contributed by atoms with van der Waals surface area (Å²) in [5.41, 5.74) is 6.47. The zero-order valence-corrected chi connectivity index (χ0v) is 15.4. The second kappa shape index (κ2) is 10.5. The first-order valence-corrected chi connectivity index (χ1v) is 9.41. The minimum atomic E-state index is 1.09. The van der Waals surface area contributed by atoms with Crippen LogP contribution in [0.25, 0.3) is 5.57 Å². The molecule has 0 amide bonds. The molecule has 0 unspecified atom stereocenters. The summed E-state index contributed by atoms with van der Waals surface area (Å²) in [4.78, 5) is 0. The third-order valence-electron chi connectivity index (χ3n) is 3.78. The lowest BCUT2D eigenvalue weighted by Crippen LogP contribution is -1.87. The van der Waals surface area contributed by atoms with Gasteiger partial charge < -0.3 is 0 Å². The van der Waals surface area contributed by atoms with E-state index in [0.717, 1.165) is 6.42 Å². The van der Waals surface area contributed by atoms with E-state index < -0.39 is 0 Å². The van der Waals surface area contributed by atoms with Crippen LogP contribution in [0.3, 0.4) is 0 Å². The first-order chi connectivity index (χ1) is 10.6. The lowest BCUT2D eigenvalue weighted by molar-refractivity contribution is 0.939. The fraction of sp³-hybridized carbons (Fsp3) is 0.429. The fourth-order valence-electron chi connectivity index (χ4n) is 2.22. The maximum absolute atomic E-state index is 4.18. The monoisotopic (exact) mass is 314 g/mol. The Bertz CT molecular complexity index is 535. The van der Waals surface area contributed by atoms with Gasteiger partial charge in [0.15, 0.2) is 0 Å². The second-order valence-corrected chi connectivity index (χ2v) is 6.98. The lowest BCUT2D eigenvalue weighted by atomic mass is 9.99. The van der Waals surface area contributed by atoms with Crippen molar-refractivity contribution in [3.63, 3.8) is 0 Å². The summed E-state index contributed by atoms with van der Waals surface area (Å²) in [5.74, 6) is 2.52. The van der Waals surface area contributed by atoms with Crippen molar-refractivity contribution in [3.8, 4) is 0 Å². The molecule has 120 valence electrons. The number of thioether (sulfide) groups is 1. The quantitative estimate of drug-likeness (QED) is 0.359. The van der Waals surface area contributed by atoms with Crippen molar-refractivity contribution in [2.45, 2.75) is 47.0 Å². The van der Waals surface area contributed by atoms with E-state index in [2.05, 4.69) is 70.7 Å². The van der Waals surface area contributed by atoms with Crippen LogP contribution in [0.4, 0.5) is 0 Å². The molecule has 0 nitrogen and oxygen atoms in total. The molecule has 0 aromatic heterocycles. The molecule has 0 saturated heterocycles. The molecule has 0 radical (unpaired) electrons. The van der Waals surface area contributed by atoms with E-state index in [9.17, 15) is 0 Å². The maximum Gasteiger partial charge on any atom is -0.00644 e. The van der Waals surface area contributed by atoms with E-state index in [1.807, 2.05) is 11.8 Å². The Labute approximate surface area is 141 Å². The Balaban J connectivity index is 2.55. The molecule has 0 heterocycles. The van der Waals surface area contributed by atoms with Crippen LogP contribution in [0.1, 0.15) is 49.8 Å². The highest BCUT2D eigenvalue weighted by atomic mass is 32.2. The van der Waals surface area contributed by atoms with Gasteiger partial charge in [0.05, 0.1) is 0 Å². The number of hydrogen-bond donors (Lipinski definition) is 0. The van der Waals surface area contributed by atoms with Gasteiger partial charge in [-0.25, -0.2) is 0 Å². The van der Waals surface area contributed by atoms with Crippen molar-refractivity contribution >= 4 is 17.3 Å². The van der Waals surface area contributed by atoms with E-state index in [4.69, 9.17) is 0 Å². The minimum Gasteiger partial charge on any atom is -0.162 e. The third kappa shape index (κ3) is 6.70. The average molecular weight is 315 g/mol. The molecule has 0 fully saturated rings. The predicted molar refractivity (Wildman–Crippen MR) is 105 cm³/mol. The van der Waals surface area contributed by atoms with Crippen molar-refractivity contribution in [2.24, 2.45) is 0 Å². The molecular formula is C21H30S. The average Bonchev–Trinajstić information content (AvgIpc) is 2.51. The Morgan fingerprint density at radius 1 is 1.14 bits per heavy atom. The molecule has 0 saturated carbocycles. The molecule has 0 aliphatic rings. The number of aryl methyl sites for hydroxylation is 2. The zero-order chi connectivity index (χ0) is 16.4. The van der Waals surface area contributed by atoms with E-state index in [0.29, 0.717) is 0 Å². The zero-order valence-electron chi connectivity index (χ0n) is 14.6. The van der Waals surface area contributed by atoms with Gasteiger partial charge in [0.25, 0.3) is 0 Å². The van der Waals surface area contributed by atoms with Crippen LogP contribution in [0.5, 0.6) is 0 Å². The molecule has 1 rings (SSSR count). The summed E-state index contributed by atoms with van der Waals surface area (Å²) in [6.07, 6.45) is 10.1. The van der Waals surface area contributed by atoms with E-state index in [1.54, 1.807) is 0 Å². The van der Waals surface area contributed by atoms with Crippen molar-refractivity contribution in [1.82, 2.24) is 0 Å². The fourth-order valence-corrected chi connectivity index (χ4v) is 3.06. The van der Waals surface area contributed by atoms with Crippen molar-refractivity contribution in [2.75, 3.05) is 11.5 Å². The third-order valence-corrected chi connectivity index (χ3v) is 5.06. The molecule has 0 spiro atoms. The molecule has 0 atom stereocenters. The summed E-state index contributed by atoms with van der Waals surface area (Å²) >= 11 is 2.05. The van der Waals surface area contributed by atoms with Crippen molar-refractivity contribution < 1.29 is 0 Å². The molecular weight excluding hydrogens is 284 g/mol. The smallest absolute Gasteiger partial charge is 0.00644 e. The van der Waals surface area contributed by atoms with Gasteiger partial charge in [0, 0.05) is 0 Å². The number of hydrogen-bond acceptors (Lipinski definition) is 1. The number of rotatable bonds is 9. The highest BCUT2D eigenvalue weighted by Crippen LogP contribution is 2.20.